The molecular weight excluding hydrogens is 342 g/mol. The highest BCUT2D eigenvalue weighted by atomic mass is 28.4. The smallest absolute Gasteiger partial charge is 0.374 e. The molecule has 1 N–H and O–H groups in total. The largest absolute Gasteiger partial charge is 0.507 e. The minimum Gasteiger partial charge on any atom is -0.374 e. The molecule has 1 fully saturated rings. The van der Waals surface area contributed by atoms with Crippen LogP contribution in [0.5, 0.6) is 0 Å². The van der Waals surface area contributed by atoms with Gasteiger partial charge in [-0.05, 0) is 60.6 Å². The Hall–Kier alpha value is 0.194. The molecule has 144 valence electrons. The highest BCUT2D eigenvalue weighted by molar-refractivity contribution is 6.81. The lowest BCUT2D eigenvalue weighted by Gasteiger charge is -2.46. The van der Waals surface area contributed by atoms with Crippen LogP contribution < -0.4 is 4.98 Å². The molecule has 0 amide bonds. The zero-order valence-electron chi connectivity index (χ0n) is 16.4. The van der Waals surface area contributed by atoms with E-state index in [0.717, 1.165) is 6.54 Å². The maximum atomic E-state index is 6.25. The van der Waals surface area contributed by atoms with Crippen molar-refractivity contribution in [1.82, 2.24) is 4.98 Å². The number of hydrogen-bond acceptors (Lipinski definition) is 6. The Labute approximate surface area is 150 Å². The van der Waals surface area contributed by atoms with E-state index in [9.17, 15) is 0 Å². The van der Waals surface area contributed by atoms with Crippen LogP contribution in [0.2, 0.25) is 11.2 Å². The predicted molar refractivity (Wildman–Crippen MR) is 101 cm³/mol. The molecule has 2 unspecified atom stereocenters. The summed E-state index contributed by atoms with van der Waals surface area (Å²) in [5.41, 5.74) is 0. The molecule has 2 atom stereocenters. The fourth-order valence-corrected chi connectivity index (χ4v) is 13.1. The monoisotopic (exact) mass is 379 g/mol. The van der Waals surface area contributed by atoms with Gasteiger partial charge in [0.05, 0.1) is 5.16 Å². The van der Waals surface area contributed by atoms with Crippen molar-refractivity contribution in [3.63, 3.8) is 0 Å². The van der Waals surface area contributed by atoms with Gasteiger partial charge in [0.15, 0.2) is 5.79 Å². The average Bonchev–Trinajstić information content (AvgIpc) is 3.02. The molecule has 1 rings (SSSR count). The van der Waals surface area contributed by atoms with Gasteiger partial charge in [-0.1, -0.05) is 0 Å². The van der Waals surface area contributed by atoms with E-state index in [0.29, 0.717) is 33.0 Å². The maximum absolute atomic E-state index is 6.25. The van der Waals surface area contributed by atoms with Crippen LogP contribution in [-0.2, 0) is 22.8 Å². The van der Waals surface area contributed by atoms with Crippen molar-refractivity contribution in [3.05, 3.63) is 0 Å². The summed E-state index contributed by atoms with van der Waals surface area (Å²) in [6.45, 7) is 16.0. The summed E-state index contributed by atoms with van der Waals surface area (Å²) in [5.74, 6) is -0.747. The molecule has 1 heterocycles. The summed E-state index contributed by atoms with van der Waals surface area (Å²) >= 11 is 0. The lowest BCUT2D eigenvalue weighted by atomic mass is 10.3. The Morgan fingerprint density at radius 3 is 1.75 bits per heavy atom. The fraction of sp³-hybridized carbons (Fsp3) is 1.00. The van der Waals surface area contributed by atoms with Crippen LogP contribution in [0.1, 0.15) is 48.0 Å². The molecule has 0 spiro atoms. The zero-order valence-corrected chi connectivity index (χ0v) is 18.5. The molecule has 0 bridgehead atoms. The zero-order chi connectivity index (χ0) is 18.1. The summed E-state index contributed by atoms with van der Waals surface area (Å²) < 4.78 is 31.1. The van der Waals surface area contributed by atoms with Crippen molar-refractivity contribution in [1.29, 1.82) is 0 Å². The van der Waals surface area contributed by atoms with Crippen molar-refractivity contribution in [2.24, 2.45) is 0 Å². The Kier molecular flexibility index (Phi) is 10.2. The fourth-order valence-electron chi connectivity index (χ4n) is 3.72. The van der Waals surface area contributed by atoms with Crippen molar-refractivity contribution in [2.45, 2.75) is 65.0 Å². The Morgan fingerprint density at radius 2 is 1.42 bits per heavy atom. The van der Waals surface area contributed by atoms with Gasteiger partial charge in [-0.3, -0.25) is 0 Å². The first-order valence-corrected chi connectivity index (χ1v) is 13.3. The summed E-state index contributed by atoms with van der Waals surface area (Å²) in [5, 5.41) is 0.0206. The summed E-state index contributed by atoms with van der Waals surface area (Å²) in [6, 6.07) is 1.18. The van der Waals surface area contributed by atoms with Crippen LogP contribution >= 0.6 is 0 Å². The lowest BCUT2D eigenvalue weighted by molar-refractivity contribution is -0.221. The molecule has 0 aromatic carbocycles. The van der Waals surface area contributed by atoms with Gasteiger partial charge in [-0.2, -0.15) is 0 Å². The van der Waals surface area contributed by atoms with Crippen LogP contribution in [0.4, 0.5) is 0 Å². The SMILES string of the molecule is CCOC(C)(OCC)C([SiH]1CCCN1)[Si](OCC)(OCC)OCC. The molecule has 1 saturated heterocycles. The van der Waals surface area contributed by atoms with Crippen molar-refractivity contribution in [2.75, 3.05) is 39.6 Å². The minimum absolute atomic E-state index is 0.0206. The molecule has 24 heavy (non-hydrogen) atoms. The third kappa shape index (κ3) is 5.34. The van der Waals surface area contributed by atoms with E-state index in [-0.39, 0.29) is 5.16 Å². The molecule has 0 saturated carbocycles. The van der Waals surface area contributed by atoms with Crippen LogP contribution in [0.25, 0.3) is 0 Å². The Morgan fingerprint density at radius 1 is 0.917 bits per heavy atom. The molecule has 0 radical (unpaired) electrons. The van der Waals surface area contributed by atoms with E-state index in [1.807, 2.05) is 41.5 Å². The van der Waals surface area contributed by atoms with Crippen LogP contribution in [0.3, 0.4) is 0 Å². The van der Waals surface area contributed by atoms with Crippen molar-refractivity contribution < 1.29 is 22.8 Å². The molecular formula is C16H37NO5Si2. The van der Waals surface area contributed by atoms with Crippen molar-refractivity contribution >= 4 is 17.8 Å². The van der Waals surface area contributed by atoms with Crippen LogP contribution in [0.15, 0.2) is 0 Å². The number of rotatable bonds is 13. The molecule has 1 aliphatic heterocycles. The summed E-state index contributed by atoms with van der Waals surface area (Å²) in [4.78, 5) is 3.73. The second-order valence-corrected chi connectivity index (χ2v) is 12.2. The topological polar surface area (TPSA) is 58.2 Å². The van der Waals surface area contributed by atoms with Crippen LogP contribution in [0, 0.1) is 0 Å². The van der Waals surface area contributed by atoms with Gasteiger partial charge < -0.3 is 27.7 Å². The molecule has 1 aliphatic rings. The van der Waals surface area contributed by atoms with Gasteiger partial charge in [0, 0.05) is 33.0 Å². The second kappa shape index (κ2) is 11.0. The first kappa shape index (κ1) is 22.2. The molecule has 0 aliphatic carbocycles. The highest BCUT2D eigenvalue weighted by Gasteiger charge is 2.62. The van der Waals surface area contributed by atoms with Gasteiger partial charge in [0.1, 0.15) is 8.96 Å². The highest BCUT2D eigenvalue weighted by Crippen LogP contribution is 2.42. The van der Waals surface area contributed by atoms with Gasteiger partial charge in [0.2, 0.25) is 0 Å². The van der Waals surface area contributed by atoms with Gasteiger partial charge in [-0.25, -0.2) is 0 Å². The first-order valence-electron chi connectivity index (χ1n) is 9.46. The second-order valence-electron chi connectivity index (χ2n) is 5.97. The van der Waals surface area contributed by atoms with Gasteiger partial charge in [0.25, 0.3) is 0 Å². The third-order valence-electron chi connectivity index (χ3n) is 4.35. The Balaban J connectivity index is 3.33. The van der Waals surface area contributed by atoms with Crippen molar-refractivity contribution in [3.8, 4) is 0 Å². The summed E-state index contributed by atoms with van der Waals surface area (Å²) in [6.07, 6.45) is 1.19. The maximum Gasteiger partial charge on any atom is 0.507 e. The molecule has 8 heteroatoms. The van der Waals surface area contributed by atoms with E-state index in [1.54, 1.807) is 0 Å². The normalized spacial score (nSPS) is 20.5. The van der Waals surface area contributed by atoms with Gasteiger partial charge in [-0.15, -0.1) is 0 Å². The molecule has 0 aromatic heterocycles. The molecule has 6 nitrogen and oxygen atoms in total. The summed E-state index contributed by atoms with van der Waals surface area (Å²) in [7, 11) is -4.37. The van der Waals surface area contributed by atoms with Crippen LogP contribution in [-0.4, -0.2) is 63.1 Å². The number of ether oxygens (including phenoxy) is 2. The Bertz CT molecular complexity index is 319. The van der Waals surface area contributed by atoms with Gasteiger partial charge >= 0.3 is 8.80 Å². The van der Waals surface area contributed by atoms with E-state index in [1.165, 1.54) is 12.5 Å². The number of hydrogen-bond donors (Lipinski definition) is 1. The first-order chi connectivity index (χ1) is 11.5. The minimum atomic E-state index is -2.95. The average molecular weight is 380 g/mol. The quantitative estimate of drug-likeness (QED) is 0.392. The van der Waals surface area contributed by atoms with E-state index >= 15 is 0 Å². The van der Waals surface area contributed by atoms with E-state index < -0.39 is 23.5 Å². The standard InChI is InChI=1S/C16H37NO5Si2/c1-7-18-16(6,19-8-2)15(23-14-12-13-17-23)24(20-9-3,21-10-4)22-11-5/h15,17,23H,7-14H2,1-6H3. The number of nitrogens with one attached hydrogen (secondary N) is 1. The molecule has 0 aromatic rings. The van der Waals surface area contributed by atoms with E-state index in [4.69, 9.17) is 22.8 Å². The predicted octanol–water partition coefficient (Wildman–Crippen LogP) is 2.45. The van der Waals surface area contributed by atoms with E-state index in [2.05, 4.69) is 4.98 Å². The lowest BCUT2D eigenvalue weighted by Crippen LogP contribution is -2.65. The third-order valence-corrected chi connectivity index (χ3v) is 13.4.